The molecule has 1 aromatic carbocycles. The van der Waals surface area contributed by atoms with Crippen LogP contribution in [0.3, 0.4) is 0 Å². The zero-order valence-electron chi connectivity index (χ0n) is 20.6. The van der Waals surface area contributed by atoms with Gasteiger partial charge in [-0.1, -0.05) is 63.1 Å². The number of unbranched alkanes of at least 4 members (excludes halogenated alkanes) is 4. The molecule has 0 radical (unpaired) electrons. The Kier molecular flexibility index (Phi) is 12.1. The van der Waals surface area contributed by atoms with Crippen LogP contribution in [0.4, 0.5) is 0 Å². The highest BCUT2D eigenvalue weighted by Gasteiger charge is 2.26. The van der Waals surface area contributed by atoms with Crippen molar-refractivity contribution in [1.29, 1.82) is 0 Å². The second-order valence-corrected chi connectivity index (χ2v) is 9.03. The topological polar surface area (TPSA) is 27.6 Å². The van der Waals surface area contributed by atoms with Gasteiger partial charge in [0.1, 0.15) is 0 Å². The molecule has 3 heteroatoms. The molecular formula is C29H45N3. The summed E-state index contributed by atoms with van der Waals surface area (Å²) in [5.41, 5.74) is 5.33. The molecule has 0 fully saturated rings. The number of fused-ring (bicyclic) bond motifs is 1. The van der Waals surface area contributed by atoms with Gasteiger partial charge < -0.3 is 15.2 Å². The zero-order valence-corrected chi connectivity index (χ0v) is 20.6. The first-order valence-electron chi connectivity index (χ1n) is 12.6. The van der Waals surface area contributed by atoms with Crippen LogP contribution < -0.4 is 5.32 Å². The van der Waals surface area contributed by atoms with Gasteiger partial charge >= 0.3 is 0 Å². The second-order valence-electron chi connectivity index (χ2n) is 9.03. The molecule has 3 nitrogen and oxygen atoms in total. The zero-order chi connectivity index (χ0) is 23.2. The van der Waals surface area contributed by atoms with Crippen molar-refractivity contribution in [1.82, 2.24) is 10.2 Å². The van der Waals surface area contributed by atoms with Crippen molar-refractivity contribution >= 4 is 11.9 Å². The van der Waals surface area contributed by atoms with E-state index in [2.05, 4.69) is 72.4 Å². The van der Waals surface area contributed by atoms with Crippen molar-refractivity contribution in [3.8, 4) is 0 Å². The molecule has 0 spiro atoms. The maximum absolute atomic E-state index is 4.36. The van der Waals surface area contributed by atoms with Crippen molar-refractivity contribution in [2.75, 3.05) is 20.1 Å². The van der Waals surface area contributed by atoms with Crippen molar-refractivity contribution in [2.24, 2.45) is 10.9 Å². The number of rotatable bonds is 17. The SMILES string of the molecule is C=CCCC(C=C)N1Cc2cc(CCCCCCCNCC(/C=N\C)CC)ccc2C1=C. The minimum atomic E-state index is 0.332. The summed E-state index contributed by atoms with van der Waals surface area (Å²) in [5.74, 6) is 0.575. The number of aliphatic imine (C=N–C) groups is 1. The van der Waals surface area contributed by atoms with Crippen LogP contribution in [0.15, 0.2) is 55.1 Å². The number of nitrogens with one attached hydrogen (secondary N) is 1. The molecule has 2 rings (SSSR count). The van der Waals surface area contributed by atoms with Crippen LogP contribution in [-0.2, 0) is 13.0 Å². The third-order valence-electron chi connectivity index (χ3n) is 6.62. The van der Waals surface area contributed by atoms with Gasteiger partial charge in [0.25, 0.3) is 0 Å². The molecule has 0 aliphatic carbocycles. The first-order chi connectivity index (χ1) is 15.6. The minimum absolute atomic E-state index is 0.332. The average molecular weight is 436 g/mol. The number of benzene rings is 1. The maximum Gasteiger partial charge on any atom is 0.0477 e. The van der Waals surface area contributed by atoms with Crippen molar-refractivity contribution in [3.05, 3.63) is 66.8 Å². The van der Waals surface area contributed by atoms with E-state index in [1.807, 2.05) is 13.1 Å². The first-order valence-corrected chi connectivity index (χ1v) is 12.6. The van der Waals surface area contributed by atoms with Gasteiger partial charge in [-0.2, -0.15) is 0 Å². The van der Waals surface area contributed by atoms with Crippen LogP contribution in [0.5, 0.6) is 0 Å². The van der Waals surface area contributed by atoms with Crippen LogP contribution in [0.2, 0.25) is 0 Å². The molecule has 0 amide bonds. The third kappa shape index (κ3) is 8.09. The Balaban J connectivity index is 1.66. The molecule has 1 heterocycles. The summed E-state index contributed by atoms with van der Waals surface area (Å²) < 4.78 is 0. The first kappa shape index (κ1) is 26.1. The summed E-state index contributed by atoms with van der Waals surface area (Å²) >= 11 is 0. The fourth-order valence-corrected chi connectivity index (χ4v) is 4.57. The lowest BCUT2D eigenvalue weighted by Crippen LogP contribution is -2.27. The van der Waals surface area contributed by atoms with Crippen LogP contribution in [0, 0.1) is 5.92 Å². The minimum Gasteiger partial charge on any atom is -0.361 e. The fourth-order valence-electron chi connectivity index (χ4n) is 4.57. The highest BCUT2D eigenvalue weighted by atomic mass is 15.2. The van der Waals surface area contributed by atoms with E-state index < -0.39 is 0 Å². The molecule has 1 aliphatic heterocycles. The molecule has 0 bridgehead atoms. The lowest BCUT2D eigenvalue weighted by atomic mass is 10.0. The lowest BCUT2D eigenvalue weighted by Gasteiger charge is -2.27. The van der Waals surface area contributed by atoms with Gasteiger partial charge in [0.05, 0.1) is 0 Å². The van der Waals surface area contributed by atoms with E-state index in [1.54, 1.807) is 0 Å². The molecule has 176 valence electrons. The van der Waals surface area contributed by atoms with Gasteiger partial charge in [0.2, 0.25) is 0 Å². The Bertz CT molecular complexity index is 749. The maximum atomic E-state index is 4.36. The number of nitrogens with zero attached hydrogens (tertiary/aromatic N) is 2. The van der Waals surface area contributed by atoms with Crippen molar-refractivity contribution < 1.29 is 0 Å². The molecule has 2 atom stereocenters. The van der Waals surface area contributed by atoms with Gasteiger partial charge in [-0.15, -0.1) is 13.2 Å². The predicted octanol–water partition coefficient (Wildman–Crippen LogP) is 6.80. The summed E-state index contributed by atoms with van der Waals surface area (Å²) in [4.78, 5) is 6.55. The van der Waals surface area contributed by atoms with E-state index in [-0.39, 0.29) is 0 Å². The molecule has 0 aromatic heterocycles. The molecule has 1 aliphatic rings. The van der Waals surface area contributed by atoms with Crippen molar-refractivity contribution in [2.45, 2.75) is 77.3 Å². The fraction of sp³-hybridized carbons (Fsp3) is 0.552. The number of hydrogen-bond acceptors (Lipinski definition) is 3. The second kappa shape index (κ2) is 14.8. The van der Waals surface area contributed by atoms with Gasteiger partial charge in [0.15, 0.2) is 0 Å². The van der Waals surface area contributed by atoms with E-state index in [0.29, 0.717) is 12.0 Å². The Labute approximate surface area is 197 Å². The van der Waals surface area contributed by atoms with Crippen LogP contribution >= 0.6 is 0 Å². The Hall–Kier alpha value is -2.13. The summed E-state index contributed by atoms with van der Waals surface area (Å²) in [5, 5.41) is 3.58. The highest BCUT2D eigenvalue weighted by Crippen LogP contribution is 2.35. The molecule has 1 aromatic rings. The van der Waals surface area contributed by atoms with Gasteiger partial charge in [-0.05, 0) is 56.2 Å². The molecule has 0 saturated heterocycles. The third-order valence-corrected chi connectivity index (χ3v) is 6.62. The Morgan fingerprint density at radius 2 is 1.94 bits per heavy atom. The van der Waals surface area contributed by atoms with Crippen molar-refractivity contribution in [3.63, 3.8) is 0 Å². The molecule has 2 unspecified atom stereocenters. The highest BCUT2D eigenvalue weighted by molar-refractivity contribution is 5.69. The predicted molar refractivity (Wildman–Crippen MR) is 142 cm³/mol. The van der Waals surface area contributed by atoms with Gasteiger partial charge in [-0.25, -0.2) is 0 Å². The van der Waals surface area contributed by atoms with E-state index in [9.17, 15) is 0 Å². The van der Waals surface area contributed by atoms with Gasteiger partial charge in [0, 0.05) is 49.6 Å². The standard InChI is InChI=1S/C29H45N3/c1-6-9-16-28(8-3)32-23-27-20-26(17-18-29(27)24(32)4)15-13-11-10-12-14-19-31-22-25(7-2)21-30-5/h6,8,17-18,20-21,25,28,31H,1,3-4,7,9-16,19,22-23H2,2,5H3/b30-21-. The smallest absolute Gasteiger partial charge is 0.0477 e. The summed E-state index contributed by atoms with van der Waals surface area (Å²) in [6, 6.07) is 7.31. The van der Waals surface area contributed by atoms with Gasteiger partial charge in [-0.3, -0.25) is 0 Å². The molecule has 32 heavy (non-hydrogen) atoms. The van der Waals surface area contributed by atoms with Crippen LogP contribution in [0.25, 0.3) is 5.70 Å². The van der Waals surface area contributed by atoms with Crippen LogP contribution in [-0.4, -0.2) is 37.3 Å². The summed E-state index contributed by atoms with van der Waals surface area (Å²) in [6.45, 7) is 17.6. The van der Waals surface area contributed by atoms with E-state index >= 15 is 0 Å². The van der Waals surface area contributed by atoms with E-state index in [1.165, 1.54) is 55.2 Å². The molecule has 0 saturated carbocycles. The lowest BCUT2D eigenvalue weighted by molar-refractivity contribution is 0.334. The Morgan fingerprint density at radius 3 is 2.66 bits per heavy atom. The number of aryl methyl sites for hydroxylation is 1. The monoisotopic (exact) mass is 435 g/mol. The quantitative estimate of drug-likeness (QED) is 0.165. The normalized spacial score (nSPS) is 15.2. The van der Waals surface area contributed by atoms with E-state index in [0.717, 1.165) is 44.6 Å². The Morgan fingerprint density at radius 1 is 1.16 bits per heavy atom. The van der Waals surface area contributed by atoms with E-state index in [4.69, 9.17) is 0 Å². The molecule has 1 N–H and O–H groups in total. The molecular weight excluding hydrogens is 390 g/mol. The van der Waals surface area contributed by atoms with Crippen LogP contribution in [0.1, 0.15) is 75.0 Å². The number of hydrogen-bond donors (Lipinski definition) is 1. The average Bonchev–Trinajstić information content (AvgIpc) is 3.13. The largest absolute Gasteiger partial charge is 0.361 e. The summed E-state index contributed by atoms with van der Waals surface area (Å²) in [6.07, 6.45) is 17.0. The number of allylic oxidation sites excluding steroid dienone is 1. The summed E-state index contributed by atoms with van der Waals surface area (Å²) in [7, 11) is 1.86.